The van der Waals surface area contributed by atoms with Gasteiger partial charge >= 0.3 is 10.1 Å². The van der Waals surface area contributed by atoms with Crippen LogP contribution in [0.15, 0.2) is 34.1 Å². The molecule has 6 nitrogen and oxygen atoms in total. The summed E-state index contributed by atoms with van der Waals surface area (Å²) in [5.74, 6) is -3.63. The number of benzene rings is 2. The van der Waals surface area contributed by atoms with Crippen LogP contribution >= 0.6 is 0 Å². The lowest BCUT2D eigenvalue weighted by molar-refractivity contribution is 0.413. The molecule has 0 N–H and O–H groups in total. The van der Waals surface area contributed by atoms with Crippen molar-refractivity contribution in [3.05, 3.63) is 52.6 Å². The standard InChI is InChI=1S/C30H38F2O6S2/c31-27-18-24(19-28(32)30(27)39(33,34)35)38-40(36,37)29-25(21-12-6-2-7-13-21)16-23(20-10-4-1-5-11-20)17-26(29)22-14-8-3-9-15-22/h16-22H,1-15H2,(H,33,34,35)/p-1. The third-order valence-corrected chi connectivity index (χ3v) is 11.3. The van der Waals surface area contributed by atoms with Crippen LogP contribution in [0, 0.1) is 11.6 Å². The number of halogens is 2. The first-order valence-corrected chi connectivity index (χ1v) is 17.4. The fourth-order valence-corrected chi connectivity index (χ4v) is 9.14. The Labute approximate surface area is 236 Å². The Bertz CT molecular complexity index is 1370. The molecule has 0 amide bonds. The fraction of sp³-hybridized carbons (Fsp3) is 0.600. The van der Waals surface area contributed by atoms with Crippen LogP contribution in [0.5, 0.6) is 5.75 Å². The summed E-state index contributed by atoms with van der Waals surface area (Å²) in [7, 11) is -10.0. The molecule has 0 aromatic heterocycles. The van der Waals surface area contributed by atoms with E-state index in [1.807, 2.05) is 0 Å². The fourth-order valence-electron chi connectivity index (χ4n) is 7.08. The van der Waals surface area contributed by atoms with Gasteiger partial charge in [0.2, 0.25) is 0 Å². The second-order valence-corrected chi connectivity index (χ2v) is 14.5. The third kappa shape index (κ3) is 6.39. The summed E-state index contributed by atoms with van der Waals surface area (Å²) in [6.07, 6.45) is 15.3. The van der Waals surface area contributed by atoms with Gasteiger partial charge in [-0.3, -0.25) is 0 Å². The maximum absolute atomic E-state index is 14.5. The molecule has 2 aromatic rings. The van der Waals surface area contributed by atoms with Gasteiger partial charge in [0.1, 0.15) is 37.3 Å². The van der Waals surface area contributed by atoms with Crippen LogP contribution in [0.3, 0.4) is 0 Å². The molecule has 0 heterocycles. The van der Waals surface area contributed by atoms with Gasteiger partial charge in [-0.2, -0.15) is 8.42 Å². The molecule has 0 atom stereocenters. The number of hydrogen-bond donors (Lipinski definition) is 0. The van der Waals surface area contributed by atoms with Gasteiger partial charge in [0.25, 0.3) is 0 Å². The minimum Gasteiger partial charge on any atom is -0.744 e. The predicted octanol–water partition coefficient (Wildman–Crippen LogP) is 7.78. The minimum absolute atomic E-state index is 0.0365. The second-order valence-electron chi connectivity index (χ2n) is 11.7. The van der Waals surface area contributed by atoms with Gasteiger partial charge in [-0.1, -0.05) is 69.9 Å². The van der Waals surface area contributed by atoms with Crippen LogP contribution in [0.4, 0.5) is 8.78 Å². The van der Waals surface area contributed by atoms with Gasteiger partial charge in [-0.25, -0.2) is 17.2 Å². The Hall–Kier alpha value is -2.04. The maximum atomic E-state index is 14.5. The van der Waals surface area contributed by atoms with Crippen molar-refractivity contribution >= 4 is 20.2 Å². The van der Waals surface area contributed by atoms with Gasteiger partial charge in [0.15, 0.2) is 0 Å². The molecule has 220 valence electrons. The largest absolute Gasteiger partial charge is 0.744 e. The lowest BCUT2D eigenvalue weighted by Gasteiger charge is -2.32. The first-order valence-electron chi connectivity index (χ1n) is 14.6. The summed E-state index contributed by atoms with van der Waals surface area (Å²) in [5, 5.41) is 0. The van der Waals surface area contributed by atoms with Gasteiger partial charge in [0.05, 0.1) is 0 Å². The van der Waals surface area contributed by atoms with Crippen LogP contribution in [0.1, 0.15) is 131 Å². The van der Waals surface area contributed by atoms with Crippen molar-refractivity contribution < 1.29 is 34.4 Å². The highest BCUT2D eigenvalue weighted by atomic mass is 32.2. The first kappa shape index (κ1) is 29.5. The Morgan fingerprint density at radius 3 is 1.40 bits per heavy atom. The number of rotatable bonds is 7. The normalized spacial score (nSPS) is 20.5. The zero-order valence-corrected chi connectivity index (χ0v) is 24.3. The van der Waals surface area contributed by atoms with E-state index in [4.69, 9.17) is 4.18 Å². The van der Waals surface area contributed by atoms with Crippen molar-refractivity contribution in [3.8, 4) is 5.75 Å². The highest BCUT2D eigenvalue weighted by Crippen LogP contribution is 2.46. The molecule has 5 rings (SSSR count). The molecule has 0 saturated heterocycles. The average Bonchev–Trinajstić information content (AvgIpc) is 2.92. The quantitative estimate of drug-likeness (QED) is 0.239. The van der Waals surface area contributed by atoms with Crippen molar-refractivity contribution in [2.45, 2.75) is 124 Å². The summed E-state index contributed by atoms with van der Waals surface area (Å²) in [6.45, 7) is 0. The zero-order chi connectivity index (χ0) is 28.5. The SMILES string of the molecule is O=S(=O)([O-])c1c(F)cc(OS(=O)(=O)c2c(C3CCCCC3)cc(C3CCCCC3)cc2C2CCCCC2)cc1F. The molecule has 3 saturated carbocycles. The predicted molar refractivity (Wildman–Crippen MR) is 146 cm³/mol. The molecule has 3 aliphatic carbocycles. The Kier molecular flexibility index (Phi) is 8.88. The van der Waals surface area contributed by atoms with E-state index in [1.165, 1.54) is 12.0 Å². The molecule has 10 heteroatoms. The summed E-state index contributed by atoms with van der Waals surface area (Å²) in [6, 6.07) is 5.01. The Balaban J connectivity index is 1.65. The van der Waals surface area contributed by atoms with Crippen molar-refractivity contribution in [1.29, 1.82) is 0 Å². The van der Waals surface area contributed by atoms with Gasteiger partial charge in [-0.15, -0.1) is 0 Å². The van der Waals surface area contributed by atoms with E-state index in [2.05, 4.69) is 12.1 Å². The van der Waals surface area contributed by atoms with Crippen LogP contribution in [-0.4, -0.2) is 21.4 Å². The first-order chi connectivity index (χ1) is 19.0. The molecule has 0 radical (unpaired) electrons. The van der Waals surface area contributed by atoms with Crippen LogP contribution in [-0.2, 0) is 20.2 Å². The van der Waals surface area contributed by atoms with Gasteiger partial charge < -0.3 is 8.74 Å². The molecule has 3 fully saturated rings. The van der Waals surface area contributed by atoms with Crippen molar-refractivity contribution in [2.75, 3.05) is 0 Å². The van der Waals surface area contributed by atoms with Gasteiger partial charge in [0, 0.05) is 12.1 Å². The molecule has 2 aromatic carbocycles. The Morgan fingerprint density at radius 1 is 0.600 bits per heavy atom. The number of hydrogen-bond acceptors (Lipinski definition) is 6. The summed E-state index contributed by atoms with van der Waals surface area (Å²) in [4.78, 5) is -1.55. The summed E-state index contributed by atoms with van der Waals surface area (Å²) >= 11 is 0. The lowest BCUT2D eigenvalue weighted by atomic mass is 9.76. The van der Waals surface area contributed by atoms with Crippen molar-refractivity contribution in [2.24, 2.45) is 0 Å². The van der Waals surface area contributed by atoms with E-state index >= 15 is 0 Å². The average molecular weight is 596 g/mol. The molecule has 0 aliphatic heterocycles. The van der Waals surface area contributed by atoms with Crippen LogP contribution in [0.2, 0.25) is 0 Å². The van der Waals surface area contributed by atoms with E-state index < -0.39 is 42.5 Å². The second kappa shape index (κ2) is 12.1. The molecular formula is C30H37F2O6S2-. The van der Waals surface area contributed by atoms with E-state index in [-0.39, 0.29) is 16.7 Å². The van der Waals surface area contributed by atoms with E-state index in [0.29, 0.717) is 18.1 Å². The smallest absolute Gasteiger partial charge is 0.339 e. The molecule has 0 spiro atoms. The molecule has 3 aliphatic rings. The monoisotopic (exact) mass is 595 g/mol. The van der Waals surface area contributed by atoms with E-state index in [0.717, 1.165) is 101 Å². The maximum Gasteiger partial charge on any atom is 0.339 e. The van der Waals surface area contributed by atoms with E-state index in [1.54, 1.807) is 0 Å². The van der Waals surface area contributed by atoms with Gasteiger partial charge in [-0.05, 0) is 73.0 Å². The van der Waals surface area contributed by atoms with E-state index in [9.17, 15) is 30.2 Å². The zero-order valence-electron chi connectivity index (χ0n) is 22.7. The summed E-state index contributed by atoms with van der Waals surface area (Å²) < 4.78 is 96.4. The van der Waals surface area contributed by atoms with Crippen molar-refractivity contribution in [1.82, 2.24) is 0 Å². The Morgan fingerprint density at radius 2 is 1.00 bits per heavy atom. The minimum atomic E-state index is -5.44. The molecular weight excluding hydrogens is 558 g/mol. The van der Waals surface area contributed by atoms with Crippen LogP contribution < -0.4 is 4.18 Å². The molecule has 40 heavy (non-hydrogen) atoms. The lowest BCUT2D eigenvalue weighted by Crippen LogP contribution is -2.21. The highest BCUT2D eigenvalue weighted by molar-refractivity contribution is 7.87. The van der Waals surface area contributed by atoms with Crippen molar-refractivity contribution in [3.63, 3.8) is 0 Å². The highest BCUT2D eigenvalue weighted by Gasteiger charge is 2.35. The summed E-state index contributed by atoms with van der Waals surface area (Å²) in [5.41, 5.74) is 2.66. The molecule has 0 bridgehead atoms. The topological polar surface area (TPSA) is 101 Å². The third-order valence-electron chi connectivity index (χ3n) is 9.01. The van der Waals surface area contributed by atoms with Crippen LogP contribution in [0.25, 0.3) is 0 Å². The molecule has 0 unspecified atom stereocenters.